The number of carbonyl (C=O) groups excluding carboxylic acids is 1. The minimum Gasteiger partial charge on any atom is -0.336 e. The standard InChI is InChI=1S/C15H19N5O/c1-11-5-12(7-16)8-19(11)15(21)13-3-2-4-14(6-13)20-10-17-9-18-20/h2-4,6,9-12H,5,7-8,16H2,1H3. The lowest BCUT2D eigenvalue weighted by molar-refractivity contribution is 0.0743. The van der Waals surface area contributed by atoms with Gasteiger partial charge in [0.1, 0.15) is 12.7 Å². The molecule has 21 heavy (non-hydrogen) atoms. The summed E-state index contributed by atoms with van der Waals surface area (Å²) in [5, 5.41) is 4.09. The summed E-state index contributed by atoms with van der Waals surface area (Å²) in [6.07, 6.45) is 4.07. The van der Waals surface area contributed by atoms with Gasteiger partial charge < -0.3 is 10.6 Å². The molecule has 2 N–H and O–H groups in total. The van der Waals surface area contributed by atoms with Crippen LogP contribution in [-0.4, -0.2) is 44.7 Å². The highest BCUT2D eigenvalue weighted by atomic mass is 16.2. The lowest BCUT2D eigenvalue weighted by Crippen LogP contribution is -2.34. The zero-order valence-electron chi connectivity index (χ0n) is 12.0. The van der Waals surface area contributed by atoms with Crippen LogP contribution in [0.1, 0.15) is 23.7 Å². The van der Waals surface area contributed by atoms with Gasteiger partial charge in [0.05, 0.1) is 5.69 Å². The van der Waals surface area contributed by atoms with Crippen molar-refractivity contribution < 1.29 is 4.79 Å². The van der Waals surface area contributed by atoms with Crippen LogP contribution < -0.4 is 5.73 Å². The second-order valence-electron chi connectivity index (χ2n) is 5.53. The third-order valence-electron chi connectivity index (χ3n) is 4.03. The number of benzene rings is 1. The zero-order valence-corrected chi connectivity index (χ0v) is 12.0. The van der Waals surface area contributed by atoms with Crippen molar-refractivity contribution in [3.05, 3.63) is 42.5 Å². The Kier molecular flexibility index (Phi) is 3.70. The first-order valence-corrected chi connectivity index (χ1v) is 7.15. The molecule has 0 radical (unpaired) electrons. The van der Waals surface area contributed by atoms with Crippen LogP contribution in [0.25, 0.3) is 5.69 Å². The molecule has 6 heteroatoms. The van der Waals surface area contributed by atoms with Crippen LogP contribution >= 0.6 is 0 Å². The van der Waals surface area contributed by atoms with Gasteiger partial charge in [-0.2, -0.15) is 5.10 Å². The third-order valence-corrected chi connectivity index (χ3v) is 4.03. The van der Waals surface area contributed by atoms with Crippen molar-refractivity contribution in [1.82, 2.24) is 19.7 Å². The highest BCUT2D eigenvalue weighted by Gasteiger charge is 2.32. The Labute approximate surface area is 123 Å². The van der Waals surface area contributed by atoms with E-state index in [1.165, 1.54) is 6.33 Å². The molecule has 0 aliphatic carbocycles. The van der Waals surface area contributed by atoms with E-state index < -0.39 is 0 Å². The predicted octanol–water partition coefficient (Wildman–Crippen LogP) is 1.08. The smallest absolute Gasteiger partial charge is 0.254 e. The number of nitrogens with zero attached hydrogens (tertiary/aromatic N) is 4. The van der Waals surface area contributed by atoms with Crippen LogP contribution in [-0.2, 0) is 0 Å². The summed E-state index contributed by atoms with van der Waals surface area (Å²) >= 11 is 0. The molecule has 1 aliphatic heterocycles. The van der Waals surface area contributed by atoms with Crippen LogP contribution in [0.3, 0.4) is 0 Å². The first-order valence-electron chi connectivity index (χ1n) is 7.15. The summed E-state index contributed by atoms with van der Waals surface area (Å²) in [6, 6.07) is 7.69. The van der Waals surface area contributed by atoms with Crippen LogP contribution in [0.15, 0.2) is 36.9 Å². The summed E-state index contributed by atoms with van der Waals surface area (Å²) in [5.41, 5.74) is 7.24. The molecular weight excluding hydrogens is 266 g/mol. The molecule has 1 aromatic carbocycles. The molecule has 0 bridgehead atoms. The number of nitrogens with two attached hydrogens (primary N) is 1. The molecule has 110 valence electrons. The summed E-state index contributed by atoms with van der Waals surface area (Å²) in [6.45, 7) is 3.45. The fourth-order valence-corrected chi connectivity index (χ4v) is 2.88. The van der Waals surface area contributed by atoms with Crippen molar-refractivity contribution in [1.29, 1.82) is 0 Å². The monoisotopic (exact) mass is 285 g/mol. The molecular formula is C15H19N5O. The van der Waals surface area contributed by atoms with Crippen LogP contribution in [0.5, 0.6) is 0 Å². The molecule has 1 aliphatic rings. The van der Waals surface area contributed by atoms with Gasteiger partial charge in [-0.3, -0.25) is 4.79 Å². The van der Waals surface area contributed by atoms with E-state index in [2.05, 4.69) is 17.0 Å². The summed E-state index contributed by atoms with van der Waals surface area (Å²) in [4.78, 5) is 18.5. The molecule has 2 aromatic rings. The Balaban J connectivity index is 1.84. The normalized spacial score (nSPS) is 21.7. The van der Waals surface area contributed by atoms with E-state index in [1.54, 1.807) is 11.0 Å². The van der Waals surface area contributed by atoms with Crippen LogP contribution in [0.4, 0.5) is 0 Å². The van der Waals surface area contributed by atoms with Gasteiger partial charge in [-0.25, -0.2) is 9.67 Å². The maximum absolute atomic E-state index is 12.7. The van der Waals surface area contributed by atoms with Gasteiger partial charge in [-0.1, -0.05) is 6.07 Å². The molecule has 2 atom stereocenters. The molecule has 2 unspecified atom stereocenters. The molecule has 1 saturated heterocycles. The van der Waals surface area contributed by atoms with Gasteiger partial charge in [0, 0.05) is 18.2 Å². The van der Waals surface area contributed by atoms with Crippen LogP contribution in [0, 0.1) is 5.92 Å². The lowest BCUT2D eigenvalue weighted by atomic mass is 10.1. The van der Waals surface area contributed by atoms with Crippen molar-refractivity contribution in [3.63, 3.8) is 0 Å². The van der Waals surface area contributed by atoms with E-state index in [1.807, 2.05) is 29.2 Å². The molecule has 1 fully saturated rings. The number of likely N-dealkylation sites (tertiary alicyclic amines) is 1. The van der Waals surface area contributed by atoms with Gasteiger partial charge in [-0.15, -0.1) is 0 Å². The van der Waals surface area contributed by atoms with Crippen molar-refractivity contribution in [2.24, 2.45) is 11.7 Å². The maximum Gasteiger partial charge on any atom is 0.254 e. The molecule has 6 nitrogen and oxygen atoms in total. The fourth-order valence-electron chi connectivity index (χ4n) is 2.88. The van der Waals surface area contributed by atoms with E-state index in [-0.39, 0.29) is 11.9 Å². The number of aromatic nitrogens is 3. The van der Waals surface area contributed by atoms with Crippen molar-refractivity contribution in [2.75, 3.05) is 13.1 Å². The number of hydrogen-bond acceptors (Lipinski definition) is 4. The minimum atomic E-state index is 0.0559. The number of rotatable bonds is 3. The van der Waals surface area contributed by atoms with Crippen molar-refractivity contribution >= 4 is 5.91 Å². The molecule has 3 rings (SSSR count). The maximum atomic E-state index is 12.7. The third kappa shape index (κ3) is 2.67. The second-order valence-corrected chi connectivity index (χ2v) is 5.53. The molecule has 1 amide bonds. The van der Waals surface area contributed by atoms with Gasteiger partial charge in [0.2, 0.25) is 0 Å². The predicted molar refractivity (Wildman–Crippen MR) is 79.0 cm³/mol. The first kappa shape index (κ1) is 13.8. The van der Waals surface area contributed by atoms with Gasteiger partial charge >= 0.3 is 0 Å². The molecule has 1 aromatic heterocycles. The van der Waals surface area contributed by atoms with E-state index in [0.717, 1.165) is 18.7 Å². The Morgan fingerprint density at radius 3 is 3.00 bits per heavy atom. The van der Waals surface area contributed by atoms with Gasteiger partial charge in [0.15, 0.2) is 0 Å². The topological polar surface area (TPSA) is 77.0 Å². The quantitative estimate of drug-likeness (QED) is 0.915. The average molecular weight is 285 g/mol. The average Bonchev–Trinajstić information content (AvgIpc) is 3.16. The van der Waals surface area contributed by atoms with Crippen molar-refractivity contribution in [3.8, 4) is 5.69 Å². The fraction of sp³-hybridized carbons (Fsp3) is 0.400. The Morgan fingerprint density at radius 1 is 1.48 bits per heavy atom. The Hall–Kier alpha value is -2.21. The largest absolute Gasteiger partial charge is 0.336 e. The minimum absolute atomic E-state index is 0.0559. The summed E-state index contributed by atoms with van der Waals surface area (Å²) in [5.74, 6) is 0.461. The van der Waals surface area contributed by atoms with Crippen LogP contribution in [0.2, 0.25) is 0 Å². The highest BCUT2D eigenvalue weighted by Crippen LogP contribution is 2.24. The Morgan fingerprint density at radius 2 is 2.33 bits per heavy atom. The number of carbonyl (C=O) groups is 1. The molecule has 0 saturated carbocycles. The highest BCUT2D eigenvalue weighted by molar-refractivity contribution is 5.95. The first-order chi connectivity index (χ1) is 10.2. The zero-order chi connectivity index (χ0) is 14.8. The van der Waals surface area contributed by atoms with E-state index in [0.29, 0.717) is 18.0 Å². The number of amides is 1. The van der Waals surface area contributed by atoms with Gasteiger partial charge in [0.25, 0.3) is 5.91 Å². The van der Waals surface area contributed by atoms with E-state index in [9.17, 15) is 4.79 Å². The van der Waals surface area contributed by atoms with Crippen molar-refractivity contribution in [2.45, 2.75) is 19.4 Å². The van der Waals surface area contributed by atoms with Gasteiger partial charge in [-0.05, 0) is 44.0 Å². The SMILES string of the molecule is CC1CC(CN)CN1C(=O)c1cccc(-n2cncn2)c1. The number of hydrogen-bond donors (Lipinski definition) is 1. The second kappa shape index (κ2) is 5.65. The lowest BCUT2D eigenvalue weighted by Gasteiger charge is -2.21. The van der Waals surface area contributed by atoms with E-state index in [4.69, 9.17) is 5.73 Å². The summed E-state index contributed by atoms with van der Waals surface area (Å²) in [7, 11) is 0. The summed E-state index contributed by atoms with van der Waals surface area (Å²) < 4.78 is 1.65. The van der Waals surface area contributed by atoms with E-state index >= 15 is 0 Å². The molecule has 0 spiro atoms. The molecule has 2 heterocycles. The Bertz CT molecular complexity index is 625.